The van der Waals surface area contributed by atoms with Gasteiger partial charge in [-0.25, -0.2) is 9.97 Å². The molecular weight excluding hydrogens is 314 g/mol. The van der Waals surface area contributed by atoms with Gasteiger partial charge in [0.2, 0.25) is 0 Å². The first-order valence-electron chi connectivity index (χ1n) is 6.22. The van der Waals surface area contributed by atoms with Crippen LogP contribution in [0.4, 0.5) is 0 Å². The van der Waals surface area contributed by atoms with E-state index in [4.69, 9.17) is 11.6 Å². The third-order valence-corrected chi connectivity index (χ3v) is 3.76. The van der Waals surface area contributed by atoms with Crippen LogP contribution < -0.4 is 0 Å². The lowest BCUT2D eigenvalue weighted by atomic mass is 10.1. The van der Waals surface area contributed by atoms with Gasteiger partial charge in [-0.15, -0.1) is 11.6 Å². The number of aryl methyl sites for hydroxylation is 1. The molecule has 2 aromatic heterocycles. The molecule has 0 aliphatic carbocycles. The van der Waals surface area contributed by atoms with Crippen LogP contribution in [0.15, 0.2) is 16.7 Å². The third kappa shape index (κ3) is 2.86. The standard InChI is InChI=1S/C13H17BrClN3/c1-3-9(2)8-18-12(4-5-15)17-11-6-10(14)7-16-13(11)18/h6-7,9H,3-5,8H2,1-2H3. The Hall–Kier alpha value is -0.610. The van der Waals surface area contributed by atoms with Crippen LogP contribution in [0.5, 0.6) is 0 Å². The van der Waals surface area contributed by atoms with Gasteiger partial charge in [0.05, 0.1) is 0 Å². The lowest BCUT2D eigenvalue weighted by molar-refractivity contribution is 0.465. The van der Waals surface area contributed by atoms with Crippen molar-refractivity contribution in [3.63, 3.8) is 0 Å². The molecule has 1 unspecified atom stereocenters. The minimum atomic E-state index is 0.588. The Morgan fingerprint density at radius 3 is 2.94 bits per heavy atom. The highest BCUT2D eigenvalue weighted by atomic mass is 79.9. The molecule has 0 saturated heterocycles. The summed E-state index contributed by atoms with van der Waals surface area (Å²) in [7, 11) is 0. The lowest BCUT2D eigenvalue weighted by Crippen LogP contribution is -2.11. The molecule has 98 valence electrons. The molecule has 1 atom stereocenters. The maximum Gasteiger partial charge on any atom is 0.160 e. The molecule has 0 amide bonds. The van der Waals surface area contributed by atoms with Crippen LogP contribution in [-0.2, 0) is 13.0 Å². The first-order chi connectivity index (χ1) is 8.65. The second-order valence-electron chi connectivity index (χ2n) is 4.59. The summed E-state index contributed by atoms with van der Waals surface area (Å²) in [6.07, 6.45) is 3.75. The quantitative estimate of drug-likeness (QED) is 0.775. The first kappa shape index (κ1) is 13.8. The highest BCUT2D eigenvalue weighted by Gasteiger charge is 2.13. The molecule has 0 fully saturated rings. The summed E-state index contributed by atoms with van der Waals surface area (Å²) >= 11 is 9.29. The molecular formula is C13H17BrClN3. The van der Waals surface area contributed by atoms with Crippen LogP contribution in [0.3, 0.4) is 0 Å². The Morgan fingerprint density at radius 1 is 1.50 bits per heavy atom. The Bertz CT molecular complexity index is 538. The second kappa shape index (κ2) is 6.02. The Morgan fingerprint density at radius 2 is 2.28 bits per heavy atom. The lowest BCUT2D eigenvalue weighted by Gasteiger charge is -2.12. The summed E-state index contributed by atoms with van der Waals surface area (Å²) in [5.74, 6) is 2.23. The molecule has 5 heteroatoms. The maximum absolute atomic E-state index is 5.85. The number of imidazole rings is 1. The molecule has 0 aliphatic heterocycles. The van der Waals surface area contributed by atoms with Gasteiger partial charge in [-0.05, 0) is 27.9 Å². The van der Waals surface area contributed by atoms with Crippen molar-refractivity contribution < 1.29 is 0 Å². The van der Waals surface area contributed by atoms with Crippen LogP contribution in [0.25, 0.3) is 11.2 Å². The molecule has 3 nitrogen and oxygen atoms in total. The Labute approximate surface area is 121 Å². The fourth-order valence-corrected chi connectivity index (χ4v) is 2.43. The van der Waals surface area contributed by atoms with Gasteiger partial charge in [0.1, 0.15) is 11.3 Å². The molecule has 2 aromatic rings. The van der Waals surface area contributed by atoms with Gasteiger partial charge in [-0.1, -0.05) is 20.3 Å². The maximum atomic E-state index is 5.85. The number of fused-ring (bicyclic) bond motifs is 1. The third-order valence-electron chi connectivity index (χ3n) is 3.14. The number of hydrogen-bond donors (Lipinski definition) is 0. The van der Waals surface area contributed by atoms with Crippen molar-refractivity contribution in [3.8, 4) is 0 Å². The van der Waals surface area contributed by atoms with Gasteiger partial charge >= 0.3 is 0 Å². The normalized spacial score (nSPS) is 13.1. The van der Waals surface area contributed by atoms with E-state index in [2.05, 4.69) is 44.3 Å². The van der Waals surface area contributed by atoms with Crippen molar-refractivity contribution >= 4 is 38.7 Å². The summed E-state index contributed by atoms with van der Waals surface area (Å²) in [6.45, 7) is 5.40. The molecule has 0 aromatic carbocycles. The number of halogens is 2. The number of nitrogens with zero attached hydrogens (tertiary/aromatic N) is 3. The smallest absolute Gasteiger partial charge is 0.160 e. The minimum absolute atomic E-state index is 0.588. The van der Waals surface area contributed by atoms with Crippen molar-refractivity contribution in [1.82, 2.24) is 14.5 Å². The largest absolute Gasteiger partial charge is 0.312 e. The zero-order valence-corrected chi connectivity index (χ0v) is 13.0. The van der Waals surface area contributed by atoms with Crippen LogP contribution >= 0.6 is 27.5 Å². The fourth-order valence-electron chi connectivity index (χ4n) is 1.94. The van der Waals surface area contributed by atoms with E-state index in [1.165, 1.54) is 0 Å². The number of alkyl halides is 1. The predicted octanol–water partition coefficient (Wildman–Crippen LogP) is 4.02. The SMILES string of the molecule is CCC(C)Cn1c(CCCl)nc2cc(Br)cnc21. The van der Waals surface area contributed by atoms with E-state index < -0.39 is 0 Å². The topological polar surface area (TPSA) is 30.7 Å². The zero-order chi connectivity index (χ0) is 13.1. The van der Waals surface area contributed by atoms with Crippen LogP contribution in [0, 0.1) is 5.92 Å². The summed E-state index contributed by atoms with van der Waals surface area (Å²) in [6, 6.07) is 2.01. The number of pyridine rings is 1. The summed E-state index contributed by atoms with van der Waals surface area (Å²) in [5.41, 5.74) is 1.89. The van der Waals surface area contributed by atoms with Crippen molar-refractivity contribution in [1.29, 1.82) is 0 Å². The first-order valence-corrected chi connectivity index (χ1v) is 7.55. The molecule has 18 heavy (non-hydrogen) atoms. The van der Waals surface area contributed by atoms with E-state index >= 15 is 0 Å². The molecule has 0 N–H and O–H groups in total. The zero-order valence-electron chi connectivity index (χ0n) is 10.7. The van der Waals surface area contributed by atoms with Crippen LogP contribution in [0.2, 0.25) is 0 Å². The monoisotopic (exact) mass is 329 g/mol. The van der Waals surface area contributed by atoms with Gasteiger partial charge < -0.3 is 4.57 Å². The van der Waals surface area contributed by atoms with Gasteiger partial charge in [0.25, 0.3) is 0 Å². The summed E-state index contributed by atoms with van der Waals surface area (Å²) in [4.78, 5) is 9.12. The Kier molecular flexibility index (Phi) is 4.62. The van der Waals surface area contributed by atoms with E-state index in [1.807, 2.05) is 12.3 Å². The van der Waals surface area contributed by atoms with Gasteiger partial charge in [-0.3, -0.25) is 0 Å². The van der Waals surface area contributed by atoms with Crippen LogP contribution in [-0.4, -0.2) is 20.4 Å². The summed E-state index contributed by atoms with van der Waals surface area (Å²) < 4.78 is 3.17. The fraction of sp³-hybridized carbons (Fsp3) is 0.538. The highest BCUT2D eigenvalue weighted by molar-refractivity contribution is 9.10. The van der Waals surface area contributed by atoms with E-state index in [0.717, 1.165) is 40.8 Å². The van der Waals surface area contributed by atoms with Crippen molar-refractivity contribution in [2.45, 2.75) is 33.2 Å². The van der Waals surface area contributed by atoms with E-state index in [1.54, 1.807) is 0 Å². The van der Waals surface area contributed by atoms with Crippen molar-refractivity contribution in [2.75, 3.05) is 5.88 Å². The van der Waals surface area contributed by atoms with Crippen LogP contribution in [0.1, 0.15) is 26.1 Å². The van der Waals surface area contributed by atoms with E-state index in [-0.39, 0.29) is 0 Å². The highest BCUT2D eigenvalue weighted by Crippen LogP contribution is 2.20. The number of hydrogen-bond acceptors (Lipinski definition) is 2. The second-order valence-corrected chi connectivity index (χ2v) is 5.88. The van der Waals surface area contributed by atoms with Crippen molar-refractivity contribution in [3.05, 3.63) is 22.6 Å². The van der Waals surface area contributed by atoms with Crippen molar-refractivity contribution in [2.24, 2.45) is 5.92 Å². The average molecular weight is 331 g/mol. The van der Waals surface area contributed by atoms with Gasteiger partial charge in [-0.2, -0.15) is 0 Å². The molecule has 0 aliphatic rings. The van der Waals surface area contributed by atoms with E-state index in [9.17, 15) is 0 Å². The molecule has 0 bridgehead atoms. The Balaban J connectivity index is 2.48. The molecule has 2 rings (SSSR count). The predicted molar refractivity (Wildman–Crippen MR) is 79.1 cm³/mol. The molecule has 0 saturated carbocycles. The number of rotatable bonds is 5. The summed E-state index contributed by atoms with van der Waals surface area (Å²) in [5, 5.41) is 0. The average Bonchev–Trinajstić information content (AvgIpc) is 2.67. The molecule has 0 spiro atoms. The van der Waals surface area contributed by atoms with E-state index in [0.29, 0.717) is 11.8 Å². The number of aromatic nitrogens is 3. The minimum Gasteiger partial charge on any atom is -0.312 e. The molecule has 2 heterocycles. The van der Waals surface area contributed by atoms with Gasteiger partial charge in [0.15, 0.2) is 5.65 Å². The molecule has 0 radical (unpaired) electrons. The van der Waals surface area contributed by atoms with Gasteiger partial charge in [0, 0.05) is 29.5 Å².